The number of carbonyl (C=O) groups excluding carboxylic acids is 2. The molecular weight excluding hydrogens is 272 g/mol. The molecule has 0 saturated carbocycles. The van der Waals surface area contributed by atoms with Gasteiger partial charge in [0.25, 0.3) is 0 Å². The maximum absolute atomic E-state index is 12.4. The quantitative estimate of drug-likeness (QED) is 0.744. The molecule has 0 spiro atoms. The number of esters is 1. The molecule has 6 nitrogen and oxygen atoms in total. The molecule has 2 aliphatic heterocycles. The van der Waals surface area contributed by atoms with Gasteiger partial charge in [-0.15, -0.1) is 0 Å². The van der Waals surface area contributed by atoms with Gasteiger partial charge in [0, 0.05) is 13.1 Å². The van der Waals surface area contributed by atoms with Crippen molar-refractivity contribution in [1.29, 1.82) is 0 Å². The van der Waals surface area contributed by atoms with E-state index in [-0.39, 0.29) is 18.1 Å². The second-order valence-corrected chi connectivity index (χ2v) is 6.89. The SMILES string of the molecule is COC(=O)C12CCCN(C(=O)OC(C)(C)C)C1CNCC2. The molecule has 6 heteroatoms. The third kappa shape index (κ3) is 3.15. The van der Waals surface area contributed by atoms with Crippen molar-refractivity contribution in [2.24, 2.45) is 5.41 Å². The number of nitrogens with zero attached hydrogens (tertiary/aromatic N) is 1. The molecule has 0 aromatic heterocycles. The number of hydrogen-bond donors (Lipinski definition) is 1. The Balaban J connectivity index is 2.23. The first-order valence-electron chi connectivity index (χ1n) is 7.59. The summed E-state index contributed by atoms with van der Waals surface area (Å²) in [5, 5.41) is 3.28. The smallest absolute Gasteiger partial charge is 0.410 e. The van der Waals surface area contributed by atoms with Gasteiger partial charge in [0.05, 0.1) is 18.6 Å². The fourth-order valence-corrected chi connectivity index (χ4v) is 3.42. The minimum atomic E-state index is -0.588. The lowest BCUT2D eigenvalue weighted by atomic mass is 9.69. The lowest BCUT2D eigenvalue weighted by molar-refractivity contribution is -0.162. The molecule has 0 aromatic rings. The number of amides is 1. The van der Waals surface area contributed by atoms with Crippen molar-refractivity contribution in [3.8, 4) is 0 Å². The summed E-state index contributed by atoms with van der Waals surface area (Å²) < 4.78 is 10.5. The Labute approximate surface area is 126 Å². The highest BCUT2D eigenvalue weighted by Crippen LogP contribution is 2.42. The summed E-state index contributed by atoms with van der Waals surface area (Å²) in [5.74, 6) is -0.206. The van der Waals surface area contributed by atoms with E-state index in [9.17, 15) is 9.59 Å². The molecule has 2 aliphatic rings. The van der Waals surface area contributed by atoms with Crippen molar-refractivity contribution in [2.75, 3.05) is 26.7 Å². The van der Waals surface area contributed by atoms with Crippen molar-refractivity contribution in [3.63, 3.8) is 0 Å². The molecule has 0 aliphatic carbocycles. The van der Waals surface area contributed by atoms with Gasteiger partial charge in [-0.05, 0) is 46.6 Å². The number of fused-ring (bicyclic) bond motifs is 1. The minimum Gasteiger partial charge on any atom is -0.469 e. The van der Waals surface area contributed by atoms with Crippen molar-refractivity contribution >= 4 is 12.1 Å². The van der Waals surface area contributed by atoms with Crippen LogP contribution in [0.3, 0.4) is 0 Å². The van der Waals surface area contributed by atoms with Crippen LogP contribution in [0.1, 0.15) is 40.0 Å². The average Bonchev–Trinajstić information content (AvgIpc) is 2.43. The van der Waals surface area contributed by atoms with Crippen LogP contribution in [0.15, 0.2) is 0 Å². The van der Waals surface area contributed by atoms with Crippen molar-refractivity contribution in [1.82, 2.24) is 10.2 Å². The summed E-state index contributed by atoms with van der Waals surface area (Å²) in [6.45, 7) is 7.55. The first kappa shape index (κ1) is 16.1. The van der Waals surface area contributed by atoms with Crippen LogP contribution in [0.5, 0.6) is 0 Å². The van der Waals surface area contributed by atoms with E-state index in [0.717, 1.165) is 19.4 Å². The average molecular weight is 298 g/mol. The number of piperidine rings is 2. The molecule has 1 N–H and O–H groups in total. The lowest BCUT2D eigenvalue weighted by Crippen LogP contribution is -2.65. The predicted molar refractivity (Wildman–Crippen MR) is 77.9 cm³/mol. The molecule has 21 heavy (non-hydrogen) atoms. The maximum Gasteiger partial charge on any atom is 0.410 e. The van der Waals surface area contributed by atoms with Gasteiger partial charge in [-0.3, -0.25) is 4.79 Å². The second kappa shape index (κ2) is 5.83. The summed E-state index contributed by atoms with van der Waals surface area (Å²) in [6.07, 6.45) is 1.92. The summed E-state index contributed by atoms with van der Waals surface area (Å²) >= 11 is 0. The van der Waals surface area contributed by atoms with Gasteiger partial charge in [-0.2, -0.15) is 0 Å². The lowest BCUT2D eigenvalue weighted by Gasteiger charge is -2.50. The third-order valence-corrected chi connectivity index (χ3v) is 4.34. The van der Waals surface area contributed by atoms with E-state index in [1.165, 1.54) is 7.11 Å². The van der Waals surface area contributed by atoms with Crippen molar-refractivity contribution in [2.45, 2.75) is 51.7 Å². The summed E-state index contributed by atoms with van der Waals surface area (Å²) in [6, 6.07) is -0.192. The maximum atomic E-state index is 12.4. The Morgan fingerprint density at radius 2 is 2.00 bits per heavy atom. The van der Waals surface area contributed by atoms with Crippen LogP contribution in [0.2, 0.25) is 0 Å². The summed E-state index contributed by atoms with van der Waals surface area (Å²) in [4.78, 5) is 26.5. The first-order valence-corrected chi connectivity index (χ1v) is 7.59. The highest BCUT2D eigenvalue weighted by atomic mass is 16.6. The molecule has 0 bridgehead atoms. The largest absolute Gasteiger partial charge is 0.469 e. The van der Waals surface area contributed by atoms with Crippen LogP contribution in [-0.2, 0) is 14.3 Å². The molecule has 2 unspecified atom stereocenters. The number of ether oxygens (including phenoxy) is 2. The van der Waals surface area contributed by atoms with Gasteiger partial charge in [-0.1, -0.05) is 0 Å². The van der Waals surface area contributed by atoms with E-state index in [0.29, 0.717) is 19.5 Å². The Hall–Kier alpha value is -1.30. The Kier molecular flexibility index (Phi) is 4.46. The van der Waals surface area contributed by atoms with Crippen LogP contribution >= 0.6 is 0 Å². The van der Waals surface area contributed by atoms with E-state index < -0.39 is 11.0 Å². The molecule has 2 fully saturated rings. The molecule has 2 rings (SSSR count). The van der Waals surface area contributed by atoms with E-state index in [1.54, 1.807) is 4.90 Å². The van der Waals surface area contributed by atoms with Crippen LogP contribution in [0, 0.1) is 5.41 Å². The summed E-state index contributed by atoms with van der Waals surface area (Å²) in [5.41, 5.74) is -1.13. The van der Waals surface area contributed by atoms with Crippen LogP contribution < -0.4 is 5.32 Å². The number of rotatable bonds is 1. The normalized spacial score (nSPS) is 29.5. The van der Waals surface area contributed by atoms with E-state index in [2.05, 4.69) is 5.32 Å². The summed E-state index contributed by atoms with van der Waals surface area (Å²) in [7, 11) is 1.42. The Bertz CT molecular complexity index is 414. The van der Waals surface area contributed by atoms with Crippen LogP contribution in [-0.4, -0.2) is 55.3 Å². The Morgan fingerprint density at radius 3 is 2.62 bits per heavy atom. The van der Waals surface area contributed by atoms with E-state index >= 15 is 0 Å². The van der Waals surface area contributed by atoms with Gasteiger partial charge in [-0.25, -0.2) is 4.79 Å². The standard InChI is InChI=1S/C15H26N2O4/c1-14(2,3)21-13(19)17-9-5-6-15(12(18)20-4)7-8-16-10-11(15)17/h11,16H,5-10H2,1-4H3. The third-order valence-electron chi connectivity index (χ3n) is 4.34. The van der Waals surface area contributed by atoms with E-state index in [1.807, 2.05) is 20.8 Å². The van der Waals surface area contributed by atoms with Crippen LogP contribution in [0.25, 0.3) is 0 Å². The van der Waals surface area contributed by atoms with Gasteiger partial charge in [0.15, 0.2) is 0 Å². The monoisotopic (exact) mass is 298 g/mol. The molecule has 0 radical (unpaired) electrons. The van der Waals surface area contributed by atoms with Gasteiger partial charge < -0.3 is 19.7 Å². The van der Waals surface area contributed by atoms with Crippen LogP contribution in [0.4, 0.5) is 4.79 Å². The zero-order chi connectivity index (χ0) is 15.7. The Morgan fingerprint density at radius 1 is 1.29 bits per heavy atom. The first-order chi connectivity index (χ1) is 9.80. The predicted octanol–water partition coefficient (Wildman–Crippen LogP) is 1.54. The number of nitrogens with one attached hydrogen (secondary N) is 1. The number of carbonyl (C=O) groups is 2. The molecule has 2 atom stereocenters. The van der Waals surface area contributed by atoms with E-state index in [4.69, 9.17) is 9.47 Å². The number of hydrogen-bond acceptors (Lipinski definition) is 5. The van der Waals surface area contributed by atoms with Gasteiger partial charge >= 0.3 is 12.1 Å². The molecule has 2 heterocycles. The molecule has 120 valence electrons. The number of methoxy groups -OCH3 is 1. The zero-order valence-electron chi connectivity index (χ0n) is 13.4. The van der Waals surface area contributed by atoms with Crippen molar-refractivity contribution < 1.29 is 19.1 Å². The fraction of sp³-hybridized carbons (Fsp3) is 0.867. The number of likely N-dealkylation sites (tertiary alicyclic amines) is 1. The molecular formula is C15H26N2O4. The molecule has 2 saturated heterocycles. The second-order valence-electron chi connectivity index (χ2n) is 6.89. The topological polar surface area (TPSA) is 67.9 Å². The highest BCUT2D eigenvalue weighted by Gasteiger charge is 2.54. The zero-order valence-corrected chi connectivity index (χ0v) is 13.4. The molecule has 1 amide bonds. The molecule has 0 aromatic carbocycles. The minimum absolute atomic E-state index is 0.192. The van der Waals surface area contributed by atoms with Gasteiger partial charge in [0.2, 0.25) is 0 Å². The fourth-order valence-electron chi connectivity index (χ4n) is 3.42. The van der Waals surface area contributed by atoms with Gasteiger partial charge in [0.1, 0.15) is 5.60 Å². The van der Waals surface area contributed by atoms with Crippen molar-refractivity contribution in [3.05, 3.63) is 0 Å². The highest BCUT2D eigenvalue weighted by molar-refractivity contribution is 5.80.